The fourth-order valence-electron chi connectivity index (χ4n) is 2.53. The first-order valence-electron chi connectivity index (χ1n) is 7.98. The van der Waals surface area contributed by atoms with Crippen LogP contribution in [0.15, 0.2) is 34.0 Å². The number of carbonyl (C=O) groups excluding carboxylic acids is 1. The Hall–Kier alpha value is -2.12. The van der Waals surface area contributed by atoms with Gasteiger partial charge < -0.3 is 9.72 Å². The first-order chi connectivity index (χ1) is 13.0. The molecule has 1 amide bonds. The van der Waals surface area contributed by atoms with Crippen LogP contribution in [0, 0.1) is 0 Å². The van der Waals surface area contributed by atoms with Crippen LogP contribution in [0.3, 0.4) is 0 Å². The Labute approximate surface area is 163 Å². The summed E-state index contributed by atoms with van der Waals surface area (Å²) < 4.78 is 31.8. The molecule has 0 aliphatic carbocycles. The maximum Gasteiger partial charge on any atom is 0.273 e. The molecule has 4 heterocycles. The van der Waals surface area contributed by atoms with E-state index in [2.05, 4.69) is 20.5 Å². The van der Waals surface area contributed by atoms with Gasteiger partial charge in [-0.3, -0.25) is 10.1 Å². The van der Waals surface area contributed by atoms with E-state index in [-0.39, 0.29) is 10.6 Å². The van der Waals surface area contributed by atoms with Crippen LogP contribution < -0.4 is 5.32 Å². The van der Waals surface area contributed by atoms with Crippen molar-refractivity contribution in [2.24, 2.45) is 0 Å². The van der Waals surface area contributed by atoms with Gasteiger partial charge in [-0.25, -0.2) is 8.42 Å². The van der Waals surface area contributed by atoms with E-state index in [1.54, 1.807) is 11.3 Å². The first kappa shape index (κ1) is 18.3. The van der Waals surface area contributed by atoms with Gasteiger partial charge >= 0.3 is 0 Å². The van der Waals surface area contributed by atoms with E-state index in [4.69, 9.17) is 4.74 Å². The smallest absolute Gasteiger partial charge is 0.273 e. The second-order valence-corrected chi connectivity index (χ2v) is 9.34. The molecule has 0 unspecified atom stereocenters. The number of aromatic nitrogens is 3. The molecule has 4 rings (SSSR count). The summed E-state index contributed by atoms with van der Waals surface area (Å²) in [6.45, 7) is 1.32. The summed E-state index contributed by atoms with van der Waals surface area (Å²) in [6.07, 6.45) is 1.32. The topological polar surface area (TPSA) is 117 Å². The third-order valence-electron chi connectivity index (χ3n) is 3.92. The number of morpholine rings is 1. The number of rotatable bonds is 5. The molecule has 9 nitrogen and oxygen atoms in total. The van der Waals surface area contributed by atoms with Crippen molar-refractivity contribution in [1.82, 2.24) is 19.5 Å². The molecule has 1 saturated heterocycles. The number of H-pyrrole nitrogens is 1. The number of amides is 1. The van der Waals surface area contributed by atoms with E-state index < -0.39 is 15.9 Å². The number of nitrogens with zero attached hydrogens (tertiary/aromatic N) is 3. The van der Waals surface area contributed by atoms with Crippen LogP contribution in [0.25, 0.3) is 10.6 Å². The average molecular weight is 426 g/mol. The van der Waals surface area contributed by atoms with Gasteiger partial charge in [0, 0.05) is 30.2 Å². The summed E-state index contributed by atoms with van der Waals surface area (Å²) in [7, 11) is -3.66. The van der Waals surface area contributed by atoms with E-state index in [0.29, 0.717) is 36.4 Å². The van der Waals surface area contributed by atoms with Gasteiger partial charge in [-0.2, -0.15) is 15.6 Å². The number of nitrogens with one attached hydrogen (secondary N) is 2. The quantitative estimate of drug-likeness (QED) is 0.644. The molecule has 1 aliphatic rings. The van der Waals surface area contributed by atoms with Crippen LogP contribution in [0.4, 0.5) is 5.13 Å². The molecule has 1 aliphatic heterocycles. The molecule has 0 atom stereocenters. The largest absolute Gasteiger partial charge is 0.379 e. The minimum Gasteiger partial charge on any atom is -0.379 e. The van der Waals surface area contributed by atoms with E-state index in [1.165, 1.54) is 27.9 Å². The third-order valence-corrected chi connectivity index (χ3v) is 7.37. The third kappa shape index (κ3) is 3.80. The van der Waals surface area contributed by atoms with Gasteiger partial charge in [-0.1, -0.05) is 11.3 Å². The number of ether oxygens (including phenoxy) is 1. The Bertz CT molecular complexity index is 1040. The van der Waals surface area contributed by atoms with Crippen LogP contribution in [0.1, 0.15) is 10.5 Å². The van der Waals surface area contributed by atoms with Crippen molar-refractivity contribution < 1.29 is 17.9 Å². The summed E-state index contributed by atoms with van der Waals surface area (Å²) in [6, 6.07) is 3.24. The van der Waals surface area contributed by atoms with Crippen molar-refractivity contribution in [3.8, 4) is 10.6 Å². The van der Waals surface area contributed by atoms with E-state index >= 15 is 0 Å². The van der Waals surface area contributed by atoms with Crippen molar-refractivity contribution >= 4 is 43.7 Å². The van der Waals surface area contributed by atoms with Crippen LogP contribution >= 0.6 is 22.7 Å². The predicted octanol–water partition coefficient (Wildman–Crippen LogP) is 1.87. The van der Waals surface area contributed by atoms with Crippen molar-refractivity contribution in [3.05, 3.63) is 34.8 Å². The summed E-state index contributed by atoms with van der Waals surface area (Å²) >= 11 is 2.80. The first-order valence-corrected chi connectivity index (χ1v) is 11.2. The highest BCUT2D eigenvalue weighted by Gasteiger charge is 2.28. The minimum absolute atomic E-state index is 0.0470. The van der Waals surface area contributed by atoms with E-state index in [1.807, 2.05) is 16.8 Å². The second kappa shape index (κ2) is 7.48. The molecule has 3 aromatic heterocycles. The second-order valence-electron chi connectivity index (χ2n) is 5.64. The monoisotopic (exact) mass is 425 g/mol. The lowest BCUT2D eigenvalue weighted by atomic mass is 10.4. The summed E-state index contributed by atoms with van der Waals surface area (Å²) in [5, 5.41) is 15.6. The lowest BCUT2D eigenvalue weighted by Gasteiger charge is -2.25. The number of anilines is 1. The highest BCUT2D eigenvalue weighted by atomic mass is 32.2. The molecular formula is C15H15N5O4S3. The number of carbonyl (C=O) groups is 1. The Kier molecular flexibility index (Phi) is 5.06. The van der Waals surface area contributed by atoms with Gasteiger partial charge in [0.1, 0.15) is 15.6 Å². The van der Waals surface area contributed by atoms with Crippen molar-refractivity contribution in [3.63, 3.8) is 0 Å². The van der Waals surface area contributed by atoms with Crippen LogP contribution in [-0.2, 0) is 14.8 Å². The van der Waals surface area contributed by atoms with E-state index in [9.17, 15) is 13.2 Å². The maximum absolute atomic E-state index is 12.6. The molecule has 0 bridgehead atoms. The zero-order chi connectivity index (χ0) is 18.9. The zero-order valence-corrected chi connectivity index (χ0v) is 16.4. The van der Waals surface area contributed by atoms with Crippen LogP contribution in [0.2, 0.25) is 0 Å². The fourth-order valence-corrected chi connectivity index (χ4v) is 5.38. The number of hydrogen-bond acceptors (Lipinski definition) is 8. The van der Waals surface area contributed by atoms with Crippen molar-refractivity contribution in [2.75, 3.05) is 31.6 Å². The highest BCUT2D eigenvalue weighted by molar-refractivity contribution is 7.89. The summed E-state index contributed by atoms with van der Waals surface area (Å²) in [5.74, 6) is -0.480. The Balaban J connectivity index is 1.47. The SMILES string of the molecule is O=C(Nc1nnc(-c2ccsc2)s1)c1cc(S(=O)(=O)N2CCOCC2)c[nH]1. The molecule has 2 N–H and O–H groups in total. The summed E-state index contributed by atoms with van der Waals surface area (Å²) in [4.78, 5) is 15.2. The van der Waals surface area contributed by atoms with Crippen molar-refractivity contribution in [2.45, 2.75) is 4.90 Å². The molecule has 1 fully saturated rings. The normalized spacial score (nSPS) is 15.7. The van der Waals surface area contributed by atoms with Gasteiger partial charge in [-0.15, -0.1) is 10.2 Å². The molecule has 12 heteroatoms. The minimum atomic E-state index is -3.66. The van der Waals surface area contributed by atoms with Crippen molar-refractivity contribution in [1.29, 1.82) is 0 Å². The molecule has 3 aromatic rings. The van der Waals surface area contributed by atoms with Gasteiger partial charge in [0.25, 0.3) is 5.91 Å². The van der Waals surface area contributed by atoms with Gasteiger partial charge in [-0.05, 0) is 17.5 Å². The Morgan fingerprint density at radius 1 is 1.30 bits per heavy atom. The zero-order valence-electron chi connectivity index (χ0n) is 13.9. The maximum atomic E-state index is 12.6. The molecule has 0 radical (unpaired) electrons. The molecule has 27 heavy (non-hydrogen) atoms. The van der Waals surface area contributed by atoms with Crippen LogP contribution in [-0.4, -0.2) is 60.1 Å². The van der Waals surface area contributed by atoms with Gasteiger partial charge in [0.15, 0.2) is 0 Å². The number of sulfonamides is 1. The lowest BCUT2D eigenvalue weighted by molar-refractivity contribution is 0.0730. The fraction of sp³-hybridized carbons (Fsp3) is 0.267. The van der Waals surface area contributed by atoms with Gasteiger partial charge in [0.2, 0.25) is 15.2 Å². The highest BCUT2D eigenvalue weighted by Crippen LogP contribution is 2.28. The molecule has 0 spiro atoms. The molecular weight excluding hydrogens is 410 g/mol. The summed E-state index contributed by atoms with van der Waals surface area (Å²) in [5.41, 5.74) is 1.07. The molecule has 142 valence electrons. The number of hydrogen-bond donors (Lipinski definition) is 2. The number of thiophene rings is 1. The molecule has 0 saturated carbocycles. The Morgan fingerprint density at radius 3 is 2.85 bits per heavy atom. The molecule has 0 aromatic carbocycles. The van der Waals surface area contributed by atoms with E-state index in [0.717, 1.165) is 5.56 Å². The standard InChI is InChI=1S/C15H15N5O4S3/c21-13(17-15-19-18-14(26-15)10-1-6-25-9-10)12-7-11(8-16-12)27(22,23)20-2-4-24-5-3-20/h1,6-9,16H,2-5H2,(H,17,19,21). The average Bonchev–Trinajstić information content (AvgIpc) is 3.42. The Morgan fingerprint density at radius 2 is 2.11 bits per heavy atom. The predicted molar refractivity (Wildman–Crippen MR) is 102 cm³/mol. The number of aromatic amines is 1. The lowest BCUT2D eigenvalue weighted by Crippen LogP contribution is -2.40. The van der Waals surface area contributed by atoms with Gasteiger partial charge in [0.05, 0.1) is 13.2 Å². The van der Waals surface area contributed by atoms with Crippen LogP contribution in [0.5, 0.6) is 0 Å².